The van der Waals surface area contributed by atoms with Crippen molar-refractivity contribution in [2.75, 3.05) is 12.4 Å². The van der Waals surface area contributed by atoms with Gasteiger partial charge in [-0.3, -0.25) is 9.55 Å². The zero-order valence-electron chi connectivity index (χ0n) is 9.85. The van der Waals surface area contributed by atoms with Gasteiger partial charge in [0, 0.05) is 12.7 Å². The van der Waals surface area contributed by atoms with Gasteiger partial charge in [0.15, 0.2) is 5.82 Å². The minimum absolute atomic E-state index is 0.778. The lowest BCUT2D eigenvalue weighted by atomic mass is 10.0. The van der Waals surface area contributed by atoms with E-state index in [4.69, 9.17) is 0 Å². The molecule has 2 heterocycles. The molecule has 0 saturated carbocycles. The van der Waals surface area contributed by atoms with E-state index in [9.17, 15) is 0 Å². The highest BCUT2D eigenvalue weighted by Crippen LogP contribution is 2.22. The monoisotopic (exact) mass is 229 g/mol. The molecule has 0 amide bonds. The maximum Gasteiger partial charge on any atom is 0.159 e. The summed E-state index contributed by atoms with van der Waals surface area (Å²) in [5.74, 6) is 1.62. The summed E-state index contributed by atoms with van der Waals surface area (Å²) < 4.78 is 2.06. The van der Waals surface area contributed by atoms with Crippen LogP contribution in [0.2, 0.25) is 0 Å². The van der Waals surface area contributed by atoms with Crippen LogP contribution in [0, 0.1) is 0 Å². The lowest BCUT2D eigenvalue weighted by Crippen LogP contribution is -2.08. The summed E-state index contributed by atoms with van der Waals surface area (Å²) in [5.41, 5.74) is 2.51. The topological polar surface area (TPSA) is 55.6 Å². The van der Waals surface area contributed by atoms with E-state index in [2.05, 4.69) is 24.8 Å². The standard InChI is InChI=1S/C12H15N5/c1-13-11-6-14-7-12(16-11)17-8-15-9-4-2-3-5-10(9)17/h6-8H,2-5H2,1H3,(H,13,16). The van der Waals surface area contributed by atoms with Crippen molar-refractivity contribution in [3.05, 3.63) is 30.1 Å². The average molecular weight is 229 g/mol. The summed E-state index contributed by atoms with van der Waals surface area (Å²) in [5, 5.41) is 3.00. The molecule has 0 spiro atoms. The highest BCUT2D eigenvalue weighted by atomic mass is 15.2. The van der Waals surface area contributed by atoms with Crippen molar-refractivity contribution in [2.24, 2.45) is 0 Å². The van der Waals surface area contributed by atoms with Crippen LogP contribution in [0.25, 0.3) is 5.82 Å². The zero-order chi connectivity index (χ0) is 11.7. The molecule has 0 radical (unpaired) electrons. The lowest BCUT2D eigenvalue weighted by molar-refractivity contribution is 0.654. The van der Waals surface area contributed by atoms with Crippen LogP contribution in [0.1, 0.15) is 24.2 Å². The van der Waals surface area contributed by atoms with Gasteiger partial charge in [0.1, 0.15) is 12.1 Å². The summed E-state index contributed by atoms with van der Waals surface area (Å²) in [7, 11) is 1.84. The predicted octanol–water partition coefficient (Wildman–Crippen LogP) is 1.58. The lowest BCUT2D eigenvalue weighted by Gasteiger charge is -2.13. The third-order valence-corrected chi connectivity index (χ3v) is 3.15. The number of hydrogen-bond donors (Lipinski definition) is 1. The van der Waals surface area contributed by atoms with Crippen LogP contribution in [0.3, 0.4) is 0 Å². The zero-order valence-corrected chi connectivity index (χ0v) is 9.85. The van der Waals surface area contributed by atoms with Gasteiger partial charge in [-0.2, -0.15) is 0 Å². The smallest absolute Gasteiger partial charge is 0.159 e. The Morgan fingerprint density at radius 2 is 2.12 bits per heavy atom. The van der Waals surface area contributed by atoms with Crippen LogP contribution in [0.15, 0.2) is 18.7 Å². The summed E-state index contributed by atoms with van der Waals surface area (Å²) >= 11 is 0. The van der Waals surface area contributed by atoms with Gasteiger partial charge in [-0.25, -0.2) is 9.97 Å². The Balaban J connectivity index is 2.05. The molecule has 2 aromatic rings. The molecule has 1 aliphatic carbocycles. The summed E-state index contributed by atoms with van der Waals surface area (Å²) in [6, 6.07) is 0. The van der Waals surface area contributed by atoms with E-state index < -0.39 is 0 Å². The van der Waals surface area contributed by atoms with Gasteiger partial charge >= 0.3 is 0 Å². The fourth-order valence-corrected chi connectivity index (χ4v) is 2.26. The SMILES string of the molecule is CNc1cncc(-n2cnc3c2CCCC3)n1. The Kier molecular flexibility index (Phi) is 2.51. The van der Waals surface area contributed by atoms with Crippen molar-refractivity contribution in [2.45, 2.75) is 25.7 Å². The third kappa shape index (κ3) is 1.77. The van der Waals surface area contributed by atoms with Crippen molar-refractivity contribution >= 4 is 5.82 Å². The number of aromatic nitrogens is 4. The third-order valence-electron chi connectivity index (χ3n) is 3.15. The number of anilines is 1. The Labute approximate surface area is 99.9 Å². The number of aryl methyl sites for hydroxylation is 1. The summed E-state index contributed by atoms with van der Waals surface area (Å²) in [4.78, 5) is 13.1. The van der Waals surface area contributed by atoms with Gasteiger partial charge in [0.05, 0.1) is 18.1 Å². The molecule has 0 atom stereocenters. The molecule has 0 unspecified atom stereocenters. The van der Waals surface area contributed by atoms with E-state index in [-0.39, 0.29) is 0 Å². The molecule has 1 aliphatic rings. The molecule has 0 fully saturated rings. The second kappa shape index (κ2) is 4.16. The first-order valence-electron chi connectivity index (χ1n) is 5.94. The molecule has 1 N–H and O–H groups in total. The van der Waals surface area contributed by atoms with Gasteiger partial charge in [0.2, 0.25) is 0 Å². The minimum atomic E-state index is 0.778. The molecule has 5 heteroatoms. The number of imidazole rings is 1. The predicted molar refractivity (Wildman–Crippen MR) is 65.3 cm³/mol. The highest BCUT2D eigenvalue weighted by Gasteiger charge is 2.16. The van der Waals surface area contributed by atoms with Gasteiger partial charge < -0.3 is 5.32 Å². The van der Waals surface area contributed by atoms with Crippen molar-refractivity contribution in [3.8, 4) is 5.82 Å². The molecule has 0 aromatic carbocycles. The normalized spacial score (nSPS) is 14.4. The van der Waals surface area contributed by atoms with Crippen LogP contribution >= 0.6 is 0 Å². The van der Waals surface area contributed by atoms with E-state index in [0.29, 0.717) is 0 Å². The maximum absolute atomic E-state index is 4.49. The number of rotatable bonds is 2. The van der Waals surface area contributed by atoms with Crippen LogP contribution in [0.5, 0.6) is 0 Å². The minimum Gasteiger partial charge on any atom is -0.372 e. The fourth-order valence-electron chi connectivity index (χ4n) is 2.26. The van der Waals surface area contributed by atoms with Gasteiger partial charge in [-0.05, 0) is 25.7 Å². The van der Waals surface area contributed by atoms with Crippen molar-refractivity contribution < 1.29 is 0 Å². The van der Waals surface area contributed by atoms with Crippen molar-refractivity contribution in [1.82, 2.24) is 19.5 Å². The molecule has 88 valence electrons. The van der Waals surface area contributed by atoms with Crippen LogP contribution in [-0.4, -0.2) is 26.6 Å². The quantitative estimate of drug-likeness (QED) is 0.849. The fraction of sp³-hybridized carbons (Fsp3) is 0.417. The van der Waals surface area contributed by atoms with E-state index in [1.807, 2.05) is 13.4 Å². The molecular weight excluding hydrogens is 214 g/mol. The summed E-state index contributed by atoms with van der Waals surface area (Å²) in [6.45, 7) is 0. The Morgan fingerprint density at radius 3 is 3.00 bits per heavy atom. The first-order chi connectivity index (χ1) is 8.38. The second-order valence-electron chi connectivity index (χ2n) is 4.23. The maximum atomic E-state index is 4.49. The number of fused-ring (bicyclic) bond motifs is 1. The molecule has 3 rings (SSSR count). The Hall–Kier alpha value is -1.91. The van der Waals surface area contributed by atoms with E-state index in [1.54, 1.807) is 12.4 Å². The van der Waals surface area contributed by atoms with Gasteiger partial charge in [-0.1, -0.05) is 0 Å². The molecule has 0 saturated heterocycles. The largest absolute Gasteiger partial charge is 0.372 e. The van der Waals surface area contributed by atoms with E-state index >= 15 is 0 Å². The first-order valence-corrected chi connectivity index (χ1v) is 5.94. The van der Waals surface area contributed by atoms with E-state index in [0.717, 1.165) is 24.5 Å². The summed E-state index contributed by atoms with van der Waals surface area (Å²) in [6.07, 6.45) is 10.00. The second-order valence-corrected chi connectivity index (χ2v) is 4.23. The van der Waals surface area contributed by atoms with Crippen LogP contribution in [0.4, 0.5) is 5.82 Å². The highest BCUT2D eigenvalue weighted by molar-refractivity contribution is 5.37. The average Bonchev–Trinajstić information content (AvgIpc) is 2.82. The Morgan fingerprint density at radius 1 is 1.24 bits per heavy atom. The van der Waals surface area contributed by atoms with E-state index in [1.165, 1.54) is 24.2 Å². The molecule has 5 nitrogen and oxygen atoms in total. The molecule has 2 aromatic heterocycles. The molecule has 0 bridgehead atoms. The molecular formula is C12H15N5. The Bertz CT molecular complexity index is 531. The van der Waals surface area contributed by atoms with Gasteiger partial charge in [0.25, 0.3) is 0 Å². The number of nitrogens with one attached hydrogen (secondary N) is 1. The van der Waals surface area contributed by atoms with Crippen molar-refractivity contribution in [3.63, 3.8) is 0 Å². The number of nitrogens with zero attached hydrogens (tertiary/aromatic N) is 4. The molecule has 0 aliphatic heterocycles. The van der Waals surface area contributed by atoms with Gasteiger partial charge in [-0.15, -0.1) is 0 Å². The van der Waals surface area contributed by atoms with Crippen LogP contribution < -0.4 is 5.32 Å². The van der Waals surface area contributed by atoms with Crippen LogP contribution in [-0.2, 0) is 12.8 Å². The van der Waals surface area contributed by atoms with Crippen molar-refractivity contribution in [1.29, 1.82) is 0 Å². The number of hydrogen-bond acceptors (Lipinski definition) is 4. The first kappa shape index (κ1) is 10.3. The molecule has 17 heavy (non-hydrogen) atoms.